The second-order valence-electron chi connectivity index (χ2n) is 8.41. The lowest BCUT2D eigenvalue weighted by Gasteiger charge is -2.30. The van der Waals surface area contributed by atoms with Crippen LogP contribution in [-0.2, 0) is 5.41 Å². The molecule has 0 aliphatic carbocycles. The van der Waals surface area contributed by atoms with Gasteiger partial charge < -0.3 is 20.1 Å². The molecule has 3 rings (SSSR count). The van der Waals surface area contributed by atoms with E-state index in [0.717, 1.165) is 5.56 Å². The fraction of sp³-hybridized carbons (Fsp3) is 0.409. The predicted octanol–water partition coefficient (Wildman–Crippen LogP) is 4.79. The Kier molecular flexibility index (Phi) is 4.37. The van der Waals surface area contributed by atoms with E-state index in [2.05, 4.69) is 0 Å². The number of carboxylic acids is 1. The number of rotatable bonds is 3. The SMILES string of the molecule is CCC1(C)Oc2cc(O)c(C(C)(C)C)c(O)c2C1c1ccc(C(=O)O)cc1. The Morgan fingerprint density at radius 2 is 1.78 bits per heavy atom. The van der Waals surface area contributed by atoms with Crippen LogP contribution in [0.3, 0.4) is 0 Å². The molecule has 1 aliphatic heterocycles. The van der Waals surface area contributed by atoms with Crippen molar-refractivity contribution in [3.63, 3.8) is 0 Å². The zero-order chi connectivity index (χ0) is 20.1. The number of aromatic carboxylic acids is 1. The Hall–Kier alpha value is -2.69. The van der Waals surface area contributed by atoms with Crippen molar-refractivity contribution in [3.05, 3.63) is 52.6 Å². The summed E-state index contributed by atoms with van der Waals surface area (Å²) in [7, 11) is 0. The fourth-order valence-corrected chi connectivity index (χ4v) is 3.98. The minimum Gasteiger partial charge on any atom is -0.507 e. The molecule has 5 heteroatoms. The third kappa shape index (κ3) is 3.01. The van der Waals surface area contributed by atoms with Gasteiger partial charge in [0.15, 0.2) is 0 Å². The van der Waals surface area contributed by atoms with E-state index in [4.69, 9.17) is 9.84 Å². The molecule has 1 aliphatic rings. The number of hydrogen-bond donors (Lipinski definition) is 3. The van der Waals surface area contributed by atoms with E-state index in [1.54, 1.807) is 30.3 Å². The first-order valence-electron chi connectivity index (χ1n) is 9.11. The molecule has 0 amide bonds. The van der Waals surface area contributed by atoms with Crippen LogP contribution in [0.1, 0.15) is 74.0 Å². The van der Waals surface area contributed by atoms with Crippen LogP contribution in [0.2, 0.25) is 0 Å². The highest BCUT2D eigenvalue weighted by molar-refractivity contribution is 5.87. The zero-order valence-corrected chi connectivity index (χ0v) is 16.3. The molecule has 0 bridgehead atoms. The maximum Gasteiger partial charge on any atom is 0.335 e. The highest BCUT2D eigenvalue weighted by atomic mass is 16.5. The average molecular weight is 370 g/mol. The van der Waals surface area contributed by atoms with Crippen molar-refractivity contribution in [1.82, 2.24) is 0 Å². The van der Waals surface area contributed by atoms with Gasteiger partial charge in [-0.1, -0.05) is 39.8 Å². The van der Waals surface area contributed by atoms with Gasteiger partial charge in [-0.2, -0.15) is 0 Å². The number of ether oxygens (including phenoxy) is 1. The fourth-order valence-electron chi connectivity index (χ4n) is 3.98. The average Bonchev–Trinajstić information content (AvgIpc) is 2.86. The Labute approximate surface area is 159 Å². The largest absolute Gasteiger partial charge is 0.507 e. The lowest BCUT2D eigenvalue weighted by Crippen LogP contribution is -2.34. The normalized spacial score (nSPS) is 21.6. The van der Waals surface area contributed by atoms with Crippen LogP contribution in [-0.4, -0.2) is 26.9 Å². The number of aromatic hydroxyl groups is 2. The van der Waals surface area contributed by atoms with Gasteiger partial charge in [-0.15, -0.1) is 0 Å². The molecule has 2 aromatic carbocycles. The summed E-state index contributed by atoms with van der Waals surface area (Å²) >= 11 is 0. The third-order valence-corrected chi connectivity index (χ3v) is 5.47. The highest BCUT2D eigenvalue weighted by Gasteiger charge is 2.47. The first-order chi connectivity index (χ1) is 12.5. The summed E-state index contributed by atoms with van der Waals surface area (Å²) in [5.74, 6) is -0.733. The van der Waals surface area contributed by atoms with Crippen molar-refractivity contribution in [1.29, 1.82) is 0 Å². The van der Waals surface area contributed by atoms with Crippen molar-refractivity contribution in [2.45, 2.75) is 58.0 Å². The van der Waals surface area contributed by atoms with E-state index in [1.807, 2.05) is 34.6 Å². The molecule has 144 valence electrons. The first kappa shape index (κ1) is 19.1. The van der Waals surface area contributed by atoms with Crippen LogP contribution in [0, 0.1) is 0 Å². The molecule has 27 heavy (non-hydrogen) atoms. The number of carboxylic acid groups (broad SMARTS) is 1. The minimum absolute atomic E-state index is 0.0130. The lowest BCUT2D eigenvalue weighted by atomic mass is 9.76. The number of carbonyl (C=O) groups is 1. The summed E-state index contributed by atoms with van der Waals surface area (Å²) in [5, 5.41) is 30.7. The van der Waals surface area contributed by atoms with Gasteiger partial charge in [0, 0.05) is 17.2 Å². The van der Waals surface area contributed by atoms with E-state index >= 15 is 0 Å². The smallest absolute Gasteiger partial charge is 0.335 e. The maximum atomic E-state index is 11.2. The summed E-state index contributed by atoms with van der Waals surface area (Å²) < 4.78 is 6.18. The second-order valence-corrected chi connectivity index (χ2v) is 8.41. The number of hydrogen-bond acceptors (Lipinski definition) is 4. The Bertz CT molecular complexity index is 892. The van der Waals surface area contributed by atoms with Gasteiger partial charge >= 0.3 is 5.97 Å². The quantitative estimate of drug-likeness (QED) is 0.723. The molecule has 0 aromatic heterocycles. The molecular weight excluding hydrogens is 344 g/mol. The Balaban J connectivity index is 2.24. The molecule has 1 heterocycles. The Morgan fingerprint density at radius 3 is 2.26 bits per heavy atom. The van der Waals surface area contributed by atoms with Gasteiger partial charge in [0.25, 0.3) is 0 Å². The summed E-state index contributed by atoms with van der Waals surface area (Å²) in [4.78, 5) is 11.2. The van der Waals surface area contributed by atoms with Crippen molar-refractivity contribution < 1.29 is 24.9 Å². The zero-order valence-electron chi connectivity index (χ0n) is 16.3. The van der Waals surface area contributed by atoms with Gasteiger partial charge in [-0.3, -0.25) is 0 Å². The van der Waals surface area contributed by atoms with Crippen molar-refractivity contribution in [2.75, 3.05) is 0 Å². The van der Waals surface area contributed by atoms with Crippen LogP contribution < -0.4 is 4.74 Å². The van der Waals surface area contributed by atoms with Crippen molar-refractivity contribution >= 4 is 5.97 Å². The van der Waals surface area contributed by atoms with Crippen LogP contribution in [0.4, 0.5) is 0 Å². The summed E-state index contributed by atoms with van der Waals surface area (Å²) in [6.45, 7) is 9.76. The topological polar surface area (TPSA) is 87.0 Å². The maximum absolute atomic E-state index is 11.2. The van der Waals surface area contributed by atoms with E-state index in [9.17, 15) is 15.0 Å². The first-order valence-corrected chi connectivity index (χ1v) is 9.11. The third-order valence-electron chi connectivity index (χ3n) is 5.47. The van der Waals surface area contributed by atoms with Crippen LogP contribution >= 0.6 is 0 Å². The molecule has 0 fully saturated rings. The molecular formula is C22H26O5. The van der Waals surface area contributed by atoms with Crippen molar-refractivity contribution in [3.8, 4) is 17.2 Å². The summed E-state index contributed by atoms with van der Waals surface area (Å²) in [6.07, 6.45) is 0.679. The number of phenolic OH excluding ortho intramolecular Hbond substituents is 2. The summed E-state index contributed by atoms with van der Waals surface area (Å²) in [5.41, 5.74) is 1.13. The van der Waals surface area contributed by atoms with Crippen molar-refractivity contribution in [2.24, 2.45) is 0 Å². The number of phenols is 2. The molecule has 2 unspecified atom stereocenters. The van der Waals surface area contributed by atoms with E-state index in [0.29, 0.717) is 23.3 Å². The summed E-state index contributed by atoms with van der Waals surface area (Å²) in [6, 6.07) is 8.24. The standard InChI is InChI=1S/C22H26O5/c1-6-22(5)17(12-7-9-13(10-8-12)20(25)26)16-15(27-22)11-14(23)18(19(16)24)21(2,3)4/h7-11,17,23-24H,6H2,1-5H3,(H,25,26). The lowest BCUT2D eigenvalue weighted by molar-refractivity contribution is 0.0697. The van der Waals surface area contributed by atoms with Gasteiger partial charge in [0.2, 0.25) is 0 Å². The Morgan fingerprint density at radius 1 is 1.19 bits per heavy atom. The van der Waals surface area contributed by atoms with Gasteiger partial charge in [-0.05, 0) is 36.5 Å². The minimum atomic E-state index is -0.981. The van der Waals surface area contributed by atoms with Gasteiger partial charge in [-0.25, -0.2) is 4.79 Å². The molecule has 5 nitrogen and oxygen atoms in total. The van der Waals surface area contributed by atoms with E-state index in [-0.39, 0.29) is 23.0 Å². The number of fused-ring (bicyclic) bond motifs is 1. The molecule has 2 atom stereocenters. The predicted molar refractivity (Wildman–Crippen MR) is 103 cm³/mol. The molecule has 0 spiro atoms. The molecule has 2 aromatic rings. The molecule has 0 saturated heterocycles. The van der Waals surface area contributed by atoms with Crippen LogP contribution in [0.25, 0.3) is 0 Å². The molecule has 3 N–H and O–H groups in total. The van der Waals surface area contributed by atoms with Gasteiger partial charge in [0.05, 0.1) is 11.5 Å². The molecule has 0 radical (unpaired) electrons. The van der Waals surface area contributed by atoms with Gasteiger partial charge in [0.1, 0.15) is 22.8 Å². The highest BCUT2D eigenvalue weighted by Crippen LogP contribution is 2.57. The monoisotopic (exact) mass is 370 g/mol. The number of benzene rings is 2. The van der Waals surface area contributed by atoms with Crippen LogP contribution in [0.15, 0.2) is 30.3 Å². The molecule has 0 saturated carbocycles. The van der Waals surface area contributed by atoms with E-state index < -0.39 is 17.0 Å². The second kappa shape index (κ2) is 6.19. The van der Waals surface area contributed by atoms with E-state index in [1.165, 1.54) is 0 Å². The van der Waals surface area contributed by atoms with Crippen LogP contribution in [0.5, 0.6) is 17.2 Å².